The van der Waals surface area contributed by atoms with Gasteiger partial charge in [-0.15, -0.1) is 0 Å². The Morgan fingerprint density at radius 1 is 1.47 bits per heavy atom. The zero-order chi connectivity index (χ0) is 14.6. The highest BCUT2D eigenvalue weighted by atomic mass is 127. The van der Waals surface area contributed by atoms with Gasteiger partial charge in [0.15, 0.2) is 0 Å². The number of carbonyl (C=O) groups is 2. The van der Waals surface area contributed by atoms with Gasteiger partial charge >= 0.3 is 5.97 Å². The molecule has 0 aromatic heterocycles. The SMILES string of the molecule is CCCC(C)(N)C(=O)Nc1ccc(I)cc1C(=O)O. The minimum Gasteiger partial charge on any atom is -0.478 e. The molecule has 0 aliphatic carbocycles. The first-order valence-electron chi connectivity index (χ1n) is 5.91. The lowest BCUT2D eigenvalue weighted by molar-refractivity contribution is -0.120. The van der Waals surface area contributed by atoms with Crippen LogP contribution in [0.5, 0.6) is 0 Å². The first-order chi connectivity index (χ1) is 8.77. The summed E-state index contributed by atoms with van der Waals surface area (Å²) in [5.74, 6) is -1.46. The highest BCUT2D eigenvalue weighted by Crippen LogP contribution is 2.21. The number of carboxylic acids is 1. The Labute approximate surface area is 125 Å². The van der Waals surface area contributed by atoms with Crippen molar-refractivity contribution in [2.24, 2.45) is 5.73 Å². The minimum atomic E-state index is -1.08. The van der Waals surface area contributed by atoms with Crippen LogP contribution in [0.3, 0.4) is 0 Å². The van der Waals surface area contributed by atoms with Crippen molar-refractivity contribution in [1.29, 1.82) is 0 Å². The summed E-state index contributed by atoms with van der Waals surface area (Å²) in [6.07, 6.45) is 1.31. The van der Waals surface area contributed by atoms with Crippen LogP contribution in [0, 0.1) is 3.57 Å². The zero-order valence-electron chi connectivity index (χ0n) is 10.9. The molecule has 0 heterocycles. The Bertz CT molecular complexity index is 501. The molecule has 6 heteroatoms. The van der Waals surface area contributed by atoms with Gasteiger partial charge in [0.25, 0.3) is 0 Å². The number of amides is 1. The summed E-state index contributed by atoms with van der Waals surface area (Å²) in [5, 5.41) is 11.7. The van der Waals surface area contributed by atoms with Crippen molar-refractivity contribution in [3.63, 3.8) is 0 Å². The third-order valence-electron chi connectivity index (χ3n) is 2.75. The summed E-state index contributed by atoms with van der Waals surface area (Å²) in [7, 11) is 0. The molecular formula is C13H17IN2O3. The molecule has 104 valence electrons. The molecular weight excluding hydrogens is 359 g/mol. The van der Waals surface area contributed by atoms with Crippen LogP contribution in [-0.2, 0) is 4.79 Å². The van der Waals surface area contributed by atoms with Crippen LogP contribution in [0.15, 0.2) is 18.2 Å². The smallest absolute Gasteiger partial charge is 0.337 e. The number of nitrogens with one attached hydrogen (secondary N) is 1. The van der Waals surface area contributed by atoms with E-state index in [2.05, 4.69) is 5.32 Å². The van der Waals surface area contributed by atoms with Crippen LogP contribution >= 0.6 is 22.6 Å². The van der Waals surface area contributed by atoms with Gasteiger partial charge in [0.05, 0.1) is 16.8 Å². The van der Waals surface area contributed by atoms with Crippen LogP contribution in [-0.4, -0.2) is 22.5 Å². The van der Waals surface area contributed by atoms with Gasteiger partial charge in [0, 0.05) is 3.57 Å². The fourth-order valence-electron chi connectivity index (χ4n) is 1.70. The average molecular weight is 376 g/mol. The second kappa shape index (κ2) is 6.33. The van der Waals surface area contributed by atoms with E-state index in [1.54, 1.807) is 19.1 Å². The van der Waals surface area contributed by atoms with Crippen molar-refractivity contribution in [3.8, 4) is 0 Å². The molecule has 0 aliphatic heterocycles. The summed E-state index contributed by atoms with van der Waals surface area (Å²) >= 11 is 2.02. The Hall–Kier alpha value is -1.15. The molecule has 1 unspecified atom stereocenters. The molecule has 0 bridgehead atoms. The van der Waals surface area contributed by atoms with E-state index in [1.807, 2.05) is 29.5 Å². The maximum Gasteiger partial charge on any atom is 0.337 e. The number of anilines is 1. The number of aromatic carboxylic acids is 1. The molecule has 5 nitrogen and oxygen atoms in total. The van der Waals surface area contributed by atoms with Crippen molar-refractivity contribution in [1.82, 2.24) is 0 Å². The quantitative estimate of drug-likeness (QED) is 0.689. The number of carbonyl (C=O) groups excluding carboxylic acids is 1. The van der Waals surface area contributed by atoms with Crippen molar-refractivity contribution in [2.75, 3.05) is 5.32 Å². The molecule has 1 aromatic carbocycles. The van der Waals surface area contributed by atoms with Gasteiger partial charge in [0.1, 0.15) is 0 Å². The summed E-state index contributed by atoms with van der Waals surface area (Å²) in [5.41, 5.74) is 5.24. The zero-order valence-corrected chi connectivity index (χ0v) is 13.0. The molecule has 0 fully saturated rings. The standard InChI is InChI=1S/C13H17IN2O3/c1-3-6-13(2,15)12(19)16-10-5-4-8(14)7-9(10)11(17)18/h4-5,7H,3,6,15H2,1-2H3,(H,16,19)(H,17,18). The van der Waals surface area contributed by atoms with Crippen LogP contribution < -0.4 is 11.1 Å². The van der Waals surface area contributed by atoms with Crippen molar-refractivity contribution in [2.45, 2.75) is 32.2 Å². The summed E-state index contributed by atoms with van der Waals surface area (Å²) in [4.78, 5) is 23.2. The molecule has 1 atom stereocenters. The number of hydrogen-bond acceptors (Lipinski definition) is 3. The topological polar surface area (TPSA) is 92.4 Å². The third-order valence-corrected chi connectivity index (χ3v) is 3.42. The van der Waals surface area contributed by atoms with E-state index in [0.717, 1.165) is 9.99 Å². The average Bonchev–Trinajstić information content (AvgIpc) is 2.30. The summed E-state index contributed by atoms with van der Waals surface area (Å²) in [6, 6.07) is 4.81. The molecule has 4 N–H and O–H groups in total. The van der Waals surface area contributed by atoms with E-state index in [1.165, 1.54) is 6.07 Å². The Morgan fingerprint density at radius 3 is 2.63 bits per heavy atom. The Kier molecular flexibility index (Phi) is 5.30. The highest BCUT2D eigenvalue weighted by molar-refractivity contribution is 14.1. The molecule has 0 aliphatic rings. The van der Waals surface area contributed by atoms with Crippen molar-refractivity contribution in [3.05, 3.63) is 27.3 Å². The van der Waals surface area contributed by atoms with Gasteiger partial charge in [-0.05, 0) is 54.1 Å². The predicted octanol–water partition coefficient (Wildman–Crippen LogP) is 2.45. The maximum absolute atomic E-state index is 12.1. The third kappa shape index (κ3) is 4.17. The normalized spacial score (nSPS) is 13.7. The van der Waals surface area contributed by atoms with Crippen LogP contribution in [0.25, 0.3) is 0 Å². The van der Waals surface area contributed by atoms with Crippen molar-refractivity contribution >= 4 is 40.2 Å². The van der Waals surface area contributed by atoms with E-state index in [9.17, 15) is 9.59 Å². The van der Waals surface area contributed by atoms with E-state index in [4.69, 9.17) is 10.8 Å². The van der Waals surface area contributed by atoms with E-state index in [0.29, 0.717) is 6.42 Å². The number of carboxylic acid groups (broad SMARTS) is 1. The molecule has 0 spiro atoms. The molecule has 19 heavy (non-hydrogen) atoms. The van der Waals surface area contributed by atoms with Crippen molar-refractivity contribution < 1.29 is 14.7 Å². The monoisotopic (exact) mass is 376 g/mol. The first kappa shape index (κ1) is 15.9. The van der Waals surface area contributed by atoms with E-state index in [-0.39, 0.29) is 17.2 Å². The number of benzene rings is 1. The second-order valence-corrected chi connectivity index (χ2v) is 5.86. The lowest BCUT2D eigenvalue weighted by atomic mass is 9.96. The number of hydrogen-bond donors (Lipinski definition) is 3. The number of halogens is 1. The van der Waals surface area contributed by atoms with Gasteiger partial charge in [-0.1, -0.05) is 13.3 Å². The highest BCUT2D eigenvalue weighted by Gasteiger charge is 2.28. The lowest BCUT2D eigenvalue weighted by Gasteiger charge is -2.23. The van der Waals surface area contributed by atoms with Gasteiger partial charge in [-0.25, -0.2) is 4.79 Å². The Morgan fingerprint density at radius 2 is 2.11 bits per heavy atom. The van der Waals surface area contributed by atoms with Crippen LogP contribution in [0.1, 0.15) is 37.0 Å². The van der Waals surface area contributed by atoms with E-state index >= 15 is 0 Å². The Balaban J connectivity index is 3.00. The molecule has 0 saturated carbocycles. The maximum atomic E-state index is 12.1. The second-order valence-electron chi connectivity index (χ2n) is 4.62. The summed E-state index contributed by atoms with van der Waals surface area (Å²) < 4.78 is 0.789. The molecule has 1 amide bonds. The van der Waals surface area contributed by atoms with Gasteiger partial charge in [-0.2, -0.15) is 0 Å². The predicted molar refractivity (Wildman–Crippen MR) is 82.2 cm³/mol. The first-order valence-corrected chi connectivity index (χ1v) is 6.99. The molecule has 0 radical (unpaired) electrons. The fourth-order valence-corrected chi connectivity index (χ4v) is 2.19. The van der Waals surface area contributed by atoms with Gasteiger partial charge in [0.2, 0.25) is 5.91 Å². The van der Waals surface area contributed by atoms with Gasteiger partial charge in [-0.3, -0.25) is 4.79 Å². The minimum absolute atomic E-state index is 0.0625. The molecule has 1 aromatic rings. The number of rotatable bonds is 5. The summed E-state index contributed by atoms with van der Waals surface area (Å²) in [6.45, 7) is 3.57. The molecule has 1 rings (SSSR count). The van der Waals surface area contributed by atoms with Crippen LogP contribution in [0.4, 0.5) is 5.69 Å². The lowest BCUT2D eigenvalue weighted by Crippen LogP contribution is -2.48. The van der Waals surface area contributed by atoms with E-state index < -0.39 is 11.5 Å². The number of nitrogens with two attached hydrogens (primary N) is 1. The van der Waals surface area contributed by atoms with Gasteiger partial charge < -0.3 is 16.2 Å². The fraction of sp³-hybridized carbons (Fsp3) is 0.385. The largest absolute Gasteiger partial charge is 0.478 e. The molecule has 0 saturated heterocycles. The van der Waals surface area contributed by atoms with Crippen LogP contribution in [0.2, 0.25) is 0 Å².